The fourth-order valence-electron chi connectivity index (χ4n) is 2.43. The van der Waals surface area contributed by atoms with Crippen LogP contribution in [0.4, 0.5) is 5.82 Å². The minimum atomic E-state index is 0.102. The first-order valence-corrected chi connectivity index (χ1v) is 7.32. The maximum Gasteiger partial charge on any atom is 0.225 e. The fourth-order valence-corrected chi connectivity index (χ4v) is 2.43. The molecule has 2 heterocycles. The number of carbonyl (C=O) groups excluding carboxylic acids is 1. The lowest BCUT2D eigenvalue weighted by Gasteiger charge is -2.10. The predicted molar refractivity (Wildman–Crippen MR) is 76.0 cm³/mol. The third-order valence-corrected chi connectivity index (χ3v) is 3.65. The molecule has 1 fully saturated rings. The topological polar surface area (TPSA) is 59.0 Å². The van der Waals surface area contributed by atoms with Crippen LogP contribution < -0.4 is 10.6 Å². The number of aryl methyl sites for hydroxylation is 1. The summed E-state index contributed by atoms with van der Waals surface area (Å²) < 4.78 is 1.87. The molecule has 0 saturated carbocycles. The quantitative estimate of drug-likeness (QED) is 0.792. The summed E-state index contributed by atoms with van der Waals surface area (Å²) in [6, 6.07) is 1.87. The van der Waals surface area contributed by atoms with Gasteiger partial charge in [-0.1, -0.05) is 13.3 Å². The van der Waals surface area contributed by atoms with E-state index < -0.39 is 0 Å². The molecule has 2 N–H and O–H groups in total. The average Bonchev–Trinajstić information content (AvgIpc) is 3.05. The van der Waals surface area contributed by atoms with Gasteiger partial charge in [-0.25, -0.2) is 4.68 Å². The summed E-state index contributed by atoms with van der Waals surface area (Å²) in [5.74, 6) is 1.59. The highest BCUT2D eigenvalue weighted by Gasteiger charge is 2.16. The number of amides is 1. The monoisotopic (exact) mass is 264 g/mol. The van der Waals surface area contributed by atoms with Crippen molar-refractivity contribution < 1.29 is 4.79 Å². The Morgan fingerprint density at radius 2 is 2.53 bits per heavy atom. The van der Waals surface area contributed by atoms with Gasteiger partial charge in [0.05, 0.1) is 6.20 Å². The van der Waals surface area contributed by atoms with Crippen molar-refractivity contribution in [3.63, 3.8) is 0 Å². The second-order valence-corrected chi connectivity index (χ2v) is 5.24. The number of anilines is 1. The zero-order chi connectivity index (χ0) is 13.5. The van der Waals surface area contributed by atoms with Gasteiger partial charge in [0.2, 0.25) is 5.91 Å². The molecular weight excluding hydrogens is 240 g/mol. The number of nitrogens with zero attached hydrogens (tertiary/aromatic N) is 2. The second kappa shape index (κ2) is 7.28. The maximum atomic E-state index is 11.9. The molecule has 5 nitrogen and oxygen atoms in total. The van der Waals surface area contributed by atoms with Crippen molar-refractivity contribution in [1.29, 1.82) is 0 Å². The van der Waals surface area contributed by atoms with Crippen LogP contribution in [0.1, 0.15) is 39.0 Å². The molecular formula is C14H24N4O. The van der Waals surface area contributed by atoms with Crippen LogP contribution in [-0.4, -0.2) is 28.8 Å². The minimum Gasteiger partial charge on any atom is -0.316 e. The van der Waals surface area contributed by atoms with Crippen molar-refractivity contribution in [2.75, 3.05) is 18.4 Å². The molecule has 0 radical (unpaired) electrons. The first-order valence-electron chi connectivity index (χ1n) is 7.32. The van der Waals surface area contributed by atoms with Crippen molar-refractivity contribution >= 4 is 11.7 Å². The molecule has 19 heavy (non-hydrogen) atoms. The van der Waals surface area contributed by atoms with Crippen LogP contribution in [0.3, 0.4) is 0 Å². The predicted octanol–water partition coefficient (Wildman–Crippen LogP) is 2.01. The van der Waals surface area contributed by atoms with Gasteiger partial charge in [-0.2, -0.15) is 5.10 Å². The average molecular weight is 264 g/mol. The zero-order valence-corrected chi connectivity index (χ0v) is 11.7. The van der Waals surface area contributed by atoms with Gasteiger partial charge in [-0.15, -0.1) is 0 Å². The van der Waals surface area contributed by atoms with Crippen molar-refractivity contribution in [3.8, 4) is 0 Å². The van der Waals surface area contributed by atoms with Gasteiger partial charge >= 0.3 is 0 Å². The number of unbranched alkanes of at least 4 members (excludes halogenated alkanes) is 1. The standard InChI is InChI=1S/C14H24N4O/c1-2-3-10-18-13(7-9-16-18)17-14(19)5-4-12-6-8-15-11-12/h7,9,12,15H,2-6,8,10-11H2,1H3,(H,17,19). The van der Waals surface area contributed by atoms with Gasteiger partial charge in [0.1, 0.15) is 5.82 Å². The van der Waals surface area contributed by atoms with Crippen LogP contribution in [0.25, 0.3) is 0 Å². The van der Waals surface area contributed by atoms with Crippen LogP contribution in [-0.2, 0) is 11.3 Å². The Hall–Kier alpha value is -1.36. The molecule has 1 atom stereocenters. The van der Waals surface area contributed by atoms with Crippen molar-refractivity contribution in [2.45, 2.75) is 45.6 Å². The highest BCUT2D eigenvalue weighted by molar-refractivity contribution is 5.89. The van der Waals surface area contributed by atoms with E-state index in [1.54, 1.807) is 6.20 Å². The van der Waals surface area contributed by atoms with Crippen molar-refractivity contribution in [2.24, 2.45) is 5.92 Å². The smallest absolute Gasteiger partial charge is 0.225 e. The number of hydrogen-bond acceptors (Lipinski definition) is 3. The number of carbonyl (C=O) groups is 1. The highest BCUT2D eigenvalue weighted by atomic mass is 16.1. The largest absolute Gasteiger partial charge is 0.316 e. The Morgan fingerprint density at radius 3 is 3.26 bits per heavy atom. The molecule has 0 bridgehead atoms. The van der Waals surface area contributed by atoms with Crippen LogP contribution in [0.2, 0.25) is 0 Å². The third-order valence-electron chi connectivity index (χ3n) is 3.65. The second-order valence-electron chi connectivity index (χ2n) is 5.24. The minimum absolute atomic E-state index is 0.102. The Balaban J connectivity index is 1.76. The zero-order valence-electron chi connectivity index (χ0n) is 11.7. The van der Waals surface area contributed by atoms with E-state index in [0.717, 1.165) is 44.7 Å². The Labute approximate surface area is 114 Å². The van der Waals surface area contributed by atoms with Gasteiger partial charge in [-0.05, 0) is 38.3 Å². The van der Waals surface area contributed by atoms with E-state index in [-0.39, 0.29) is 5.91 Å². The van der Waals surface area contributed by atoms with E-state index in [2.05, 4.69) is 22.7 Å². The summed E-state index contributed by atoms with van der Waals surface area (Å²) in [4.78, 5) is 11.9. The van der Waals surface area contributed by atoms with Crippen LogP contribution in [0, 0.1) is 5.92 Å². The molecule has 1 aromatic rings. The van der Waals surface area contributed by atoms with E-state index in [1.165, 1.54) is 6.42 Å². The van der Waals surface area contributed by atoms with Gasteiger partial charge < -0.3 is 10.6 Å². The Bertz CT molecular complexity index is 396. The van der Waals surface area contributed by atoms with Gasteiger partial charge in [0.25, 0.3) is 0 Å². The Kier molecular flexibility index (Phi) is 5.39. The normalized spacial score (nSPS) is 18.7. The lowest BCUT2D eigenvalue weighted by Crippen LogP contribution is -2.17. The summed E-state index contributed by atoms with van der Waals surface area (Å²) in [6.07, 6.45) is 6.72. The highest BCUT2D eigenvalue weighted by Crippen LogP contribution is 2.15. The first-order chi connectivity index (χ1) is 9.29. The van der Waals surface area contributed by atoms with E-state index in [9.17, 15) is 4.79 Å². The van der Waals surface area contributed by atoms with Gasteiger partial charge in [-0.3, -0.25) is 4.79 Å². The van der Waals surface area contributed by atoms with Crippen LogP contribution >= 0.6 is 0 Å². The Morgan fingerprint density at radius 1 is 1.63 bits per heavy atom. The summed E-state index contributed by atoms with van der Waals surface area (Å²) in [6.45, 7) is 5.17. The first kappa shape index (κ1) is 14.1. The molecule has 1 unspecified atom stereocenters. The van der Waals surface area contributed by atoms with E-state index in [4.69, 9.17) is 0 Å². The maximum absolute atomic E-state index is 11.9. The lowest BCUT2D eigenvalue weighted by atomic mass is 10.0. The lowest BCUT2D eigenvalue weighted by molar-refractivity contribution is -0.116. The molecule has 1 saturated heterocycles. The molecule has 106 valence electrons. The molecule has 0 spiro atoms. The number of aromatic nitrogens is 2. The molecule has 0 aliphatic carbocycles. The summed E-state index contributed by atoms with van der Waals surface area (Å²) in [5.41, 5.74) is 0. The molecule has 5 heteroatoms. The van der Waals surface area contributed by atoms with E-state index >= 15 is 0 Å². The van der Waals surface area contributed by atoms with E-state index in [1.807, 2.05) is 10.7 Å². The molecule has 0 aromatic carbocycles. The summed E-state index contributed by atoms with van der Waals surface area (Å²) in [7, 11) is 0. The van der Waals surface area contributed by atoms with Gasteiger partial charge in [0, 0.05) is 19.0 Å². The number of rotatable bonds is 7. The fraction of sp³-hybridized carbons (Fsp3) is 0.714. The summed E-state index contributed by atoms with van der Waals surface area (Å²) in [5, 5.41) is 10.5. The SMILES string of the molecule is CCCCn1nccc1NC(=O)CCC1CCNC1. The summed E-state index contributed by atoms with van der Waals surface area (Å²) >= 11 is 0. The van der Waals surface area contributed by atoms with E-state index in [0.29, 0.717) is 12.3 Å². The molecule has 2 rings (SSSR count). The molecule has 1 aliphatic heterocycles. The molecule has 1 aliphatic rings. The number of nitrogens with one attached hydrogen (secondary N) is 2. The van der Waals surface area contributed by atoms with Crippen LogP contribution in [0.15, 0.2) is 12.3 Å². The van der Waals surface area contributed by atoms with Gasteiger partial charge in [0.15, 0.2) is 0 Å². The molecule has 1 aromatic heterocycles. The van der Waals surface area contributed by atoms with Crippen LogP contribution in [0.5, 0.6) is 0 Å². The third kappa shape index (κ3) is 4.35. The number of hydrogen-bond donors (Lipinski definition) is 2. The van der Waals surface area contributed by atoms with Crippen molar-refractivity contribution in [1.82, 2.24) is 15.1 Å². The molecule has 1 amide bonds. The van der Waals surface area contributed by atoms with Crippen molar-refractivity contribution in [3.05, 3.63) is 12.3 Å².